The second-order valence-corrected chi connectivity index (χ2v) is 7.18. The number of H-pyrrole nitrogens is 1. The van der Waals surface area contributed by atoms with Crippen LogP contribution in [0.1, 0.15) is 50.6 Å². The topological polar surface area (TPSA) is 70.7 Å². The average molecular weight is 332 g/mol. The van der Waals surface area contributed by atoms with Crippen molar-refractivity contribution >= 4 is 23.4 Å². The van der Waals surface area contributed by atoms with E-state index in [-0.39, 0.29) is 11.2 Å². The molecule has 0 saturated carbocycles. The van der Waals surface area contributed by atoms with E-state index in [0.717, 1.165) is 29.1 Å². The number of thioether (sulfide) groups is 1. The molecule has 2 aromatic rings. The predicted octanol–water partition coefficient (Wildman–Crippen LogP) is 3.92. The lowest BCUT2D eigenvalue weighted by molar-refractivity contribution is -0.115. The Kier molecular flexibility index (Phi) is 5.82. The molecule has 23 heavy (non-hydrogen) atoms. The van der Waals surface area contributed by atoms with E-state index in [2.05, 4.69) is 41.3 Å². The van der Waals surface area contributed by atoms with Gasteiger partial charge in [0.05, 0.1) is 5.25 Å². The standard InChI is InChI=1S/C17H24N4OS/c1-6-13-9-7-8-11(4)14(13)18-16(22)12(5)23-17-19-15(10(2)3)20-21-17/h7-10,12H,6H2,1-5H3,(H,18,22)(H,19,20,21). The minimum atomic E-state index is -0.268. The summed E-state index contributed by atoms with van der Waals surface area (Å²) in [5.41, 5.74) is 3.15. The Morgan fingerprint density at radius 3 is 2.70 bits per heavy atom. The number of hydrogen-bond donors (Lipinski definition) is 2. The Balaban J connectivity index is 2.05. The first-order valence-corrected chi connectivity index (χ1v) is 8.78. The van der Waals surface area contributed by atoms with Crippen LogP contribution in [0.3, 0.4) is 0 Å². The number of aromatic amines is 1. The highest BCUT2D eigenvalue weighted by Crippen LogP contribution is 2.25. The van der Waals surface area contributed by atoms with Crippen molar-refractivity contribution in [3.8, 4) is 0 Å². The first kappa shape index (κ1) is 17.5. The number of rotatable bonds is 6. The zero-order valence-corrected chi connectivity index (χ0v) is 15.1. The Bertz CT molecular complexity index is 681. The maximum Gasteiger partial charge on any atom is 0.237 e. The highest BCUT2D eigenvalue weighted by molar-refractivity contribution is 8.00. The van der Waals surface area contributed by atoms with Gasteiger partial charge in [0, 0.05) is 11.6 Å². The van der Waals surface area contributed by atoms with Crippen LogP contribution in [0.4, 0.5) is 5.69 Å². The first-order chi connectivity index (χ1) is 10.9. The third-order valence-corrected chi connectivity index (χ3v) is 4.63. The smallest absolute Gasteiger partial charge is 0.237 e. The molecule has 5 nitrogen and oxygen atoms in total. The van der Waals surface area contributed by atoms with Gasteiger partial charge in [0.15, 0.2) is 0 Å². The molecule has 1 aromatic heterocycles. The van der Waals surface area contributed by atoms with Crippen LogP contribution in [0.2, 0.25) is 0 Å². The third kappa shape index (κ3) is 4.34. The van der Waals surface area contributed by atoms with Crippen LogP contribution >= 0.6 is 11.8 Å². The molecule has 0 spiro atoms. The van der Waals surface area contributed by atoms with E-state index in [0.29, 0.717) is 11.1 Å². The number of nitrogens with one attached hydrogen (secondary N) is 2. The minimum absolute atomic E-state index is 0.0325. The quantitative estimate of drug-likeness (QED) is 0.787. The summed E-state index contributed by atoms with van der Waals surface area (Å²) in [5.74, 6) is 1.10. The number of aromatic nitrogens is 3. The van der Waals surface area contributed by atoms with Gasteiger partial charge in [-0.1, -0.05) is 50.7 Å². The van der Waals surface area contributed by atoms with E-state index >= 15 is 0 Å². The van der Waals surface area contributed by atoms with Crippen molar-refractivity contribution in [2.75, 3.05) is 5.32 Å². The van der Waals surface area contributed by atoms with E-state index in [9.17, 15) is 4.79 Å². The van der Waals surface area contributed by atoms with E-state index in [4.69, 9.17) is 0 Å². The van der Waals surface area contributed by atoms with Crippen LogP contribution in [-0.4, -0.2) is 26.3 Å². The van der Waals surface area contributed by atoms with Gasteiger partial charge in [-0.3, -0.25) is 9.89 Å². The lowest BCUT2D eigenvalue weighted by atomic mass is 10.1. The summed E-state index contributed by atoms with van der Waals surface area (Å²) in [5, 5.41) is 10.5. The van der Waals surface area contributed by atoms with E-state index < -0.39 is 0 Å². The van der Waals surface area contributed by atoms with Crippen molar-refractivity contribution < 1.29 is 4.79 Å². The summed E-state index contributed by atoms with van der Waals surface area (Å²) in [6.45, 7) is 10.1. The summed E-state index contributed by atoms with van der Waals surface area (Å²) in [7, 11) is 0. The molecule has 1 atom stereocenters. The summed E-state index contributed by atoms with van der Waals surface area (Å²) >= 11 is 1.36. The molecule has 0 aliphatic rings. The zero-order chi connectivity index (χ0) is 17.0. The second kappa shape index (κ2) is 7.64. The molecule has 6 heteroatoms. The summed E-state index contributed by atoms with van der Waals surface area (Å²) < 4.78 is 0. The van der Waals surface area contributed by atoms with Crippen LogP contribution in [0.15, 0.2) is 23.4 Å². The van der Waals surface area contributed by atoms with Gasteiger partial charge in [0.1, 0.15) is 5.82 Å². The molecule has 2 N–H and O–H groups in total. The number of nitrogens with zero attached hydrogens (tertiary/aromatic N) is 2. The number of carbonyl (C=O) groups excluding carboxylic acids is 1. The number of anilines is 1. The van der Waals surface area contributed by atoms with Gasteiger partial charge in [-0.25, -0.2) is 4.98 Å². The third-order valence-electron chi connectivity index (χ3n) is 3.67. The monoisotopic (exact) mass is 332 g/mol. The fourth-order valence-electron chi connectivity index (χ4n) is 2.21. The van der Waals surface area contributed by atoms with Gasteiger partial charge in [-0.05, 0) is 31.4 Å². The summed E-state index contributed by atoms with van der Waals surface area (Å²) in [4.78, 5) is 16.9. The van der Waals surface area contributed by atoms with Gasteiger partial charge >= 0.3 is 0 Å². The van der Waals surface area contributed by atoms with Crippen molar-refractivity contribution in [3.63, 3.8) is 0 Å². The molecule has 0 aliphatic carbocycles. The largest absolute Gasteiger partial charge is 0.325 e. The average Bonchev–Trinajstić information content (AvgIpc) is 2.97. The molecule has 0 saturated heterocycles. The molecular weight excluding hydrogens is 308 g/mol. The van der Waals surface area contributed by atoms with Crippen molar-refractivity contribution in [1.82, 2.24) is 15.2 Å². The van der Waals surface area contributed by atoms with Gasteiger partial charge in [-0.15, -0.1) is 5.10 Å². The molecule has 1 unspecified atom stereocenters. The number of carbonyl (C=O) groups is 1. The van der Waals surface area contributed by atoms with Gasteiger partial charge in [0.25, 0.3) is 0 Å². The number of aryl methyl sites for hydroxylation is 2. The van der Waals surface area contributed by atoms with Crippen molar-refractivity contribution in [2.24, 2.45) is 0 Å². The SMILES string of the molecule is CCc1cccc(C)c1NC(=O)C(C)Sc1n[nH]c(C(C)C)n1. The van der Waals surface area contributed by atoms with E-state index in [1.54, 1.807) is 0 Å². The van der Waals surface area contributed by atoms with Crippen molar-refractivity contribution in [2.45, 2.75) is 57.4 Å². The molecule has 1 aromatic carbocycles. The number of hydrogen-bond acceptors (Lipinski definition) is 4. The Labute approximate surface area is 141 Å². The van der Waals surface area contributed by atoms with Crippen LogP contribution in [-0.2, 0) is 11.2 Å². The maximum absolute atomic E-state index is 12.5. The maximum atomic E-state index is 12.5. The lowest BCUT2D eigenvalue weighted by Crippen LogP contribution is -2.23. The first-order valence-electron chi connectivity index (χ1n) is 7.90. The van der Waals surface area contributed by atoms with Gasteiger partial charge < -0.3 is 5.32 Å². The van der Waals surface area contributed by atoms with Crippen LogP contribution in [0.25, 0.3) is 0 Å². The molecule has 2 rings (SSSR count). The predicted molar refractivity (Wildman–Crippen MR) is 95.0 cm³/mol. The normalized spacial score (nSPS) is 12.4. The summed E-state index contributed by atoms with van der Waals surface area (Å²) in [6.07, 6.45) is 0.886. The fraction of sp³-hybridized carbons (Fsp3) is 0.471. The minimum Gasteiger partial charge on any atom is -0.325 e. The van der Waals surface area contributed by atoms with Gasteiger partial charge in [-0.2, -0.15) is 0 Å². The lowest BCUT2D eigenvalue weighted by Gasteiger charge is -2.15. The number of amides is 1. The van der Waals surface area contributed by atoms with Crippen molar-refractivity contribution in [1.29, 1.82) is 0 Å². The molecule has 0 radical (unpaired) electrons. The Morgan fingerprint density at radius 1 is 1.35 bits per heavy atom. The van der Waals surface area contributed by atoms with Crippen LogP contribution < -0.4 is 5.32 Å². The highest BCUT2D eigenvalue weighted by atomic mass is 32.2. The fourth-order valence-corrected chi connectivity index (χ4v) is 2.94. The molecule has 0 bridgehead atoms. The summed E-state index contributed by atoms with van der Waals surface area (Å²) in [6, 6.07) is 6.07. The Hall–Kier alpha value is -1.82. The molecule has 0 aliphatic heterocycles. The zero-order valence-electron chi connectivity index (χ0n) is 14.3. The molecular formula is C17H24N4OS. The number of para-hydroxylation sites is 1. The van der Waals surface area contributed by atoms with E-state index in [1.165, 1.54) is 11.8 Å². The Morgan fingerprint density at radius 2 is 2.09 bits per heavy atom. The number of benzene rings is 1. The van der Waals surface area contributed by atoms with Crippen molar-refractivity contribution in [3.05, 3.63) is 35.2 Å². The van der Waals surface area contributed by atoms with E-state index in [1.807, 2.05) is 32.0 Å². The second-order valence-electron chi connectivity index (χ2n) is 5.87. The van der Waals surface area contributed by atoms with Gasteiger partial charge in [0.2, 0.25) is 11.1 Å². The highest BCUT2D eigenvalue weighted by Gasteiger charge is 2.19. The molecule has 0 fully saturated rings. The van der Waals surface area contributed by atoms with Crippen LogP contribution in [0.5, 0.6) is 0 Å². The molecule has 1 heterocycles. The molecule has 124 valence electrons. The van der Waals surface area contributed by atoms with Crippen LogP contribution in [0, 0.1) is 6.92 Å². The molecule has 1 amide bonds.